The summed E-state index contributed by atoms with van der Waals surface area (Å²) >= 11 is 0. The van der Waals surface area contributed by atoms with Crippen molar-refractivity contribution in [1.82, 2.24) is 20.0 Å². The molecule has 8 heteroatoms. The molecule has 0 atom stereocenters. The van der Waals surface area contributed by atoms with Gasteiger partial charge in [-0.25, -0.2) is 0 Å². The van der Waals surface area contributed by atoms with Crippen LogP contribution in [-0.4, -0.2) is 71.6 Å². The highest BCUT2D eigenvalue weighted by Gasteiger charge is 2.30. The summed E-state index contributed by atoms with van der Waals surface area (Å²) in [6.45, 7) is 4.12. The lowest BCUT2D eigenvalue weighted by Gasteiger charge is -2.37. The quantitative estimate of drug-likeness (QED) is 0.755. The number of rotatable bonds is 4. The van der Waals surface area contributed by atoms with E-state index in [1.165, 1.54) is 0 Å². The number of piperazine rings is 1. The first kappa shape index (κ1) is 17.5. The van der Waals surface area contributed by atoms with E-state index >= 15 is 0 Å². The molecule has 2 aliphatic rings. The van der Waals surface area contributed by atoms with Gasteiger partial charge in [0.05, 0.1) is 6.26 Å². The zero-order valence-corrected chi connectivity index (χ0v) is 15.2. The largest absolute Gasteiger partial charge is 0.463 e. The first-order valence-electron chi connectivity index (χ1n) is 9.35. The maximum absolute atomic E-state index is 12.7. The average Bonchev–Trinajstić information content (AvgIpc) is 3.28. The number of anilines is 1. The van der Waals surface area contributed by atoms with Gasteiger partial charge >= 0.3 is 0 Å². The Kier molecular flexibility index (Phi) is 5.04. The predicted octanol–water partition coefficient (Wildman–Crippen LogP) is 1.25. The number of carbonyl (C=O) groups is 2. The van der Waals surface area contributed by atoms with E-state index in [4.69, 9.17) is 4.42 Å². The van der Waals surface area contributed by atoms with Gasteiger partial charge in [0.15, 0.2) is 11.6 Å². The van der Waals surface area contributed by atoms with Gasteiger partial charge in [-0.1, -0.05) is 0 Å². The Morgan fingerprint density at radius 3 is 2.41 bits per heavy atom. The molecule has 4 heterocycles. The highest BCUT2D eigenvalue weighted by Crippen LogP contribution is 2.25. The molecule has 142 valence electrons. The molecule has 0 aliphatic carbocycles. The smallest absolute Gasteiger partial charge is 0.225 e. The minimum absolute atomic E-state index is 0.0550. The monoisotopic (exact) mass is 369 g/mol. The third kappa shape index (κ3) is 3.79. The fraction of sp³-hybridized carbons (Fsp3) is 0.474. The second-order valence-corrected chi connectivity index (χ2v) is 6.98. The Balaban J connectivity index is 1.31. The summed E-state index contributed by atoms with van der Waals surface area (Å²) < 4.78 is 5.34. The number of carbonyl (C=O) groups excluding carboxylic acids is 2. The fourth-order valence-electron chi connectivity index (χ4n) is 3.71. The fourth-order valence-corrected chi connectivity index (χ4v) is 3.71. The van der Waals surface area contributed by atoms with Gasteiger partial charge in [0.25, 0.3) is 0 Å². The summed E-state index contributed by atoms with van der Waals surface area (Å²) in [6, 6.07) is 7.54. The van der Waals surface area contributed by atoms with E-state index in [-0.39, 0.29) is 11.8 Å². The maximum Gasteiger partial charge on any atom is 0.225 e. The van der Waals surface area contributed by atoms with Crippen LogP contribution in [0.25, 0.3) is 11.5 Å². The van der Waals surface area contributed by atoms with E-state index in [2.05, 4.69) is 15.1 Å². The van der Waals surface area contributed by atoms with Gasteiger partial charge in [-0.3, -0.25) is 9.59 Å². The van der Waals surface area contributed by atoms with E-state index in [1.807, 2.05) is 29.2 Å². The lowest BCUT2D eigenvalue weighted by Crippen LogP contribution is -2.51. The number of hydrogen-bond donors (Lipinski definition) is 0. The summed E-state index contributed by atoms with van der Waals surface area (Å²) in [7, 11) is 0. The van der Waals surface area contributed by atoms with Gasteiger partial charge in [0.1, 0.15) is 5.69 Å². The molecular formula is C19H23N5O3. The second kappa shape index (κ2) is 7.77. The Labute approximate surface area is 157 Å². The predicted molar refractivity (Wildman–Crippen MR) is 98.9 cm³/mol. The summed E-state index contributed by atoms with van der Waals surface area (Å²) in [6.07, 6.45) is 4.10. The number of aromatic nitrogens is 2. The van der Waals surface area contributed by atoms with Gasteiger partial charge in [0, 0.05) is 45.2 Å². The van der Waals surface area contributed by atoms with Crippen LogP contribution in [0.2, 0.25) is 0 Å². The molecule has 2 aromatic heterocycles. The van der Waals surface area contributed by atoms with E-state index in [0.29, 0.717) is 37.6 Å². The molecule has 2 saturated heterocycles. The third-order valence-electron chi connectivity index (χ3n) is 5.37. The van der Waals surface area contributed by atoms with Crippen molar-refractivity contribution in [3.8, 4) is 11.5 Å². The van der Waals surface area contributed by atoms with Gasteiger partial charge in [-0.15, -0.1) is 10.2 Å². The van der Waals surface area contributed by atoms with Crippen LogP contribution in [0.5, 0.6) is 0 Å². The molecule has 2 fully saturated rings. The summed E-state index contributed by atoms with van der Waals surface area (Å²) in [5.41, 5.74) is 0.711. The highest BCUT2D eigenvalue weighted by molar-refractivity contribution is 5.79. The molecule has 0 N–H and O–H groups in total. The van der Waals surface area contributed by atoms with Crippen molar-refractivity contribution in [3.05, 3.63) is 30.5 Å². The molecule has 0 aromatic carbocycles. The van der Waals surface area contributed by atoms with Crippen molar-refractivity contribution in [2.75, 3.05) is 44.2 Å². The first-order chi connectivity index (χ1) is 13.2. The number of furan rings is 1. The first-order valence-corrected chi connectivity index (χ1v) is 9.35. The number of nitrogens with zero attached hydrogens (tertiary/aromatic N) is 5. The summed E-state index contributed by atoms with van der Waals surface area (Å²) in [5.74, 6) is 1.81. The molecule has 0 unspecified atom stereocenters. The lowest BCUT2D eigenvalue weighted by atomic mass is 9.95. The van der Waals surface area contributed by atoms with Crippen LogP contribution in [0.3, 0.4) is 0 Å². The van der Waals surface area contributed by atoms with Crippen LogP contribution in [0.1, 0.15) is 12.8 Å². The molecule has 8 nitrogen and oxygen atoms in total. The lowest BCUT2D eigenvalue weighted by molar-refractivity contribution is -0.139. The van der Waals surface area contributed by atoms with Gasteiger partial charge in [-0.2, -0.15) is 0 Å². The van der Waals surface area contributed by atoms with E-state index in [9.17, 15) is 9.59 Å². The summed E-state index contributed by atoms with van der Waals surface area (Å²) in [4.78, 5) is 29.3. The molecule has 27 heavy (non-hydrogen) atoms. The molecule has 0 radical (unpaired) electrons. The third-order valence-corrected chi connectivity index (χ3v) is 5.37. The zero-order valence-electron chi connectivity index (χ0n) is 15.2. The number of amides is 2. The van der Waals surface area contributed by atoms with E-state index in [0.717, 1.165) is 38.2 Å². The van der Waals surface area contributed by atoms with Crippen LogP contribution in [0.4, 0.5) is 5.82 Å². The van der Waals surface area contributed by atoms with E-state index in [1.54, 1.807) is 11.2 Å². The molecule has 0 saturated carbocycles. The molecule has 0 spiro atoms. The van der Waals surface area contributed by atoms with Crippen molar-refractivity contribution < 1.29 is 14.0 Å². The molecule has 2 amide bonds. The van der Waals surface area contributed by atoms with Crippen LogP contribution < -0.4 is 4.90 Å². The van der Waals surface area contributed by atoms with Gasteiger partial charge < -0.3 is 19.1 Å². The number of piperidine rings is 1. The average molecular weight is 369 g/mol. The van der Waals surface area contributed by atoms with Crippen molar-refractivity contribution in [2.45, 2.75) is 12.8 Å². The van der Waals surface area contributed by atoms with Crippen LogP contribution in [0, 0.1) is 5.92 Å². The minimum Gasteiger partial charge on any atom is -0.463 e. The Morgan fingerprint density at radius 2 is 1.81 bits per heavy atom. The van der Waals surface area contributed by atoms with Crippen molar-refractivity contribution in [1.29, 1.82) is 0 Å². The standard InChI is InChI=1S/C19H23N5O3/c25-14-22-9-11-24(12-10-22)19(26)15-5-7-23(8-6-15)18-4-3-16(20-21-18)17-2-1-13-27-17/h1-4,13-15H,5-12H2. The normalized spacial score (nSPS) is 18.6. The zero-order chi connectivity index (χ0) is 18.6. The van der Waals surface area contributed by atoms with Crippen LogP contribution >= 0.6 is 0 Å². The van der Waals surface area contributed by atoms with Crippen LogP contribution in [0.15, 0.2) is 34.9 Å². The second-order valence-electron chi connectivity index (χ2n) is 6.98. The molecule has 4 rings (SSSR count). The highest BCUT2D eigenvalue weighted by atomic mass is 16.3. The van der Waals surface area contributed by atoms with Crippen LogP contribution in [-0.2, 0) is 9.59 Å². The van der Waals surface area contributed by atoms with E-state index < -0.39 is 0 Å². The van der Waals surface area contributed by atoms with Crippen molar-refractivity contribution in [2.24, 2.45) is 5.92 Å². The summed E-state index contributed by atoms with van der Waals surface area (Å²) in [5, 5.41) is 8.56. The Morgan fingerprint density at radius 1 is 1.04 bits per heavy atom. The van der Waals surface area contributed by atoms with Gasteiger partial charge in [0.2, 0.25) is 12.3 Å². The van der Waals surface area contributed by atoms with Crippen molar-refractivity contribution in [3.63, 3.8) is 0 Å². The SMILES string of the molecule is O=CN1CCN(C(=O)C2CCN(c3ccc(-c4ccco4)nn3)CC2)CC1. The minimum atomic E-state index is 0.0550. The molecule has 0 bridgehead atoms. The Bertz CT molecular complexity index is 761. The Hall–Kier alpha value is -2.90. The maximum atomic E-state index is 12.7. The van der Waals surface area contributed by atoms with Crippen molar-refractivity contribution >= 4 is 18.1 Å². The number of hydrogen-bond acceptors (Lipinski definition) is 6. The molecule has 2 aliphatic heterocycles. The molecule has 2 aromatic rings. The molecular weight excluding hydrogens is 346 g/mol. The topological polar surface area (TPSA) is 82.8 Å². The van der Waals surface area contributed by atoms with Gasteiger partial charge in [-0.05, 0) is 37.1 Å².